The highest BCUT2D eigenvalue weighted by Gasteiger charge is 2.25. The number of nitrogens with zero attached hydrogens (tertiary/aromatic N) is 1. The Bertz CT molecular complexity index is 320. The lowest BCUT2D eigenvalue weighted by molar-refractivity contribution is 0.347. The lowest BCUT2D eigenvalue weighted by Gasteiger charge is -2.28. The van der Waals surface area contributed by atoms with E-state index in [2.05, 4.69) is 10.6 Å². The van der Waals surface area contributed by atoms with Crippen LogP contribution in [0.3, 0.4) is 0 Å². The fourth-order valence-electron chi connectivity index (χ4n) is 2.54. The van der Waals surface area contributed by atoms with E-state index in [1.165, 1.54) is 12.8 Å². The number of rotatable bonds is 4. The number of hydrogen-bond acceptors (Lipinski definition) is 4. The minimum absolute atomic E-state index is 0.319. The van der Waals surface area contributed by atoms with Crippen molar-refractivity contribution in [1.82, 2.24) is 14.9 Å². The molecule has 2 aliphatic rings. The van der Waals surface area contributed by atoms with Crippen molar-refractivity contribution in [3.05, 3.63) is 0 Å². The van der Waals surface area contributed by atoms with Gasteiger partial charge in [-0.3, -0.25) is 0 Å². The number of piperazine rings is 1. The summed E-state index contributed by atoms with van der Waals surface area (Å²) in [7, 11) is -3.02. The van der Waals surface area contributed by atoms with Crippen molar-refractivity contribution in [3.8, 4) is 0 Å². The quantitative estimate of drug-likeness (QED) is 0.724. The van der Waals surface area contributed by atoms with Crippen molar-refractivity contribution in [3.63, 3.8) is 0 Å². The van der Waals surface area contributed by atoms with Gasteiger partial charge in [-0.15, -0.1) is 0 Å². The molecular formula is C11H23N3O2S. The summed E-state index contributed by atoms with van der Waals surface area (Å²) < 4.78 is 25.9. The van der Waals surface area contributed by atoms with Crippen LogP contribution in [0.5, 0.6) is 0 Å². The summed E-state index contributed by atoms with van der Waals surface area (Å²) in [5.41, 5.74) is 0. The van der Waals surface area contributed by atoms with Crippen LogP contribution in [0.25, 0.3) is 0 Å². The molecule has 2 heterocycles. The molecule has 0 aromatic carbocycles. The molecule has 0 aromatic rings. The minimum atomic E-state index is -3.02. The van der Waals surface area contributed by atoms with E-state index in [9.17, 15) is 8.42 Å². The smallest absolute Gasteiger partial charge is 0.214 e. The van der Waals surface area contributed by atoms with Crippen molar-refractivity contribution in [2.24, 2.45) is 5.92 Å². The van der Waals surface area contributed by atoms with E-state index in [0.29, 0.717) is 24.8 Å². The highest BCUT2D eigenvalue weighted by Crippen LogP contribution is 2.16. The van der Waals surface area contributed by atoms with Crippen molar-refractivity contribution >= 4 is 10.0 Å². The van der Waals surface area contributed by atoms with Gasteiger partial charge >= 0.3 is 0 Å². The second-order valence-electron chi connectivity index (χ2n) is 4.97. The van der Waals surface area contributed by atoms with Crippen LogP contribution < -0.4 is 10.6 Å². The zero-order chi connectivity index (χ0) is 12.1. The van der Waals surface area contributed by atoms with E-state index in [4.69, 9.17) is 0 Å². The molecule has 17 heavy (non-hydrogen) atoms. The van der Waals surface area contributed by atoms with Gasteiger partial charge in [0.25, 0.3) is 0 Å². The molecule has 0 aliphatic carbocycles. The van der Waals surface area contributed by atoms with Crippen LogP contribution in [-0.2, 0) is 10.0 Å². The van der Waals surface area contributed by atoms with E-state index in [-0.39, 0.29) is 0 Å². The highest BCUT2D eigenvalue weighted by molar-refractivity contribution is 7.89. The van der Waals surface area contributed by atoms with E-state index in [1.54, 1.807) is 4.31 Å². The first-order valence-corrected chi connectivity index (χ1v) is 8.19. The minimum Gasteiger partial charge on any atom is -0.316 e. The van der Waals surface area contributed by atoms with Gasteiger partial charge in [-0.1, -0.05) is 0 Å². The van der Waals surface area contributed by atoms with Crippen molar-refractivity contribution in [1.29, 1.82) is 0 Å². The van der Waals surface area contributed by atoms with E-state index < -0.39 is 10.0 Å². The van der Waals surface area contributed by atoms with Crippen LogP contribution in [0.15, 0.2) is 0 Å². The normalized spacial score (nSPS) is 28.1. The van der Waals surface area contributed by atoms with Gasteiger partial charge in [-0.2, -0.15) is 4.31 Å². The topological polar surface area (TPSA) is 61.4 Å². The molecule has 5 nitrogen and oxygen atoms in total. The largest absolute Gasteiger partial charge is 0.316 e. The number of piperidine rings is 1. The Morgan fingerprint density at radius 3 is 2.53 bits per heavy atom. The van der Waals surface area contributed by atoms with Crippen LogP contribution in [0.2, 0.25) is 0 Å². The van der Waals surface area contributed by atoms with Gasteiger partial charge in [0.15, 0.2) is 0 Å². The highest BCUT2D eigenvalue weighted by atomic mass is 32.2. The van der Waals surface area contributed by atoms with Crippen LogP contribution >= 0.6 is 0 Å². The molecule has 0 aromatic heterocycles. The molecule has 6 heteroatoms. The van der Waals surface area contributed by atoms with Gasteiger partial charge in [0.1, 0.15) is 0 Å². The molecule has 1 unspecified atom stereocenters. The van der Waals surface area contributed by atoms with Gasteiger partial charge in [-0.25, -0.2) is 8.42 Å². The molecule has 100 valence electrons. The molecule has 2 saturated heterocycles. The third-order valence-corrected chi connectivity index (χ3v) is 5.56. The monoisotopic (exact) mass is 261 g/mol. The van der Waals surface area contributed by atoms with Crippen LogP contribution in [0.4, 0.5) is 0 Å². The molecule has 0 saturated carbocycles. The standard InChI is InChI=1S/C11H23N3O2S/c15-17(16,14-7-5-12-6-8-14)9-3-11-2-1-4-13-10-11/h11-13H,1-10H2. The second kappa shape index (κ2) is 6.13. The average Bonchev–Trinajstić information content (AvgIpc) is 2.39. The number of nitrogens with one attached hydrogen (secondary N) is 2. The lowest BCUT2D eigenvalue weighted by Crippen LogP contribution is -2.47. The SMILES string of the molecule is O=S(=O)(CCC1CCCNC1)N1CCNCC1. The van der Waals surface area contributed by atoms with Crippen LogP contribution in [-0.4, -0.2) is 57.7 Å². The van der Waals surface area contributed by atoms with Crippen molar-refractivity contribution in [2.75, 3.05) is 45.0 Å². The second-order valence-corrected chi connectivity index (χ2v) is 7.05. The lowest BCUT2D eigenvalue weighted by atomic mass is 9.97. The average molecular weight is 261 g/mol. The Morgan fingerprint density at radius 1 is 1.12 bits per heavy atom. The van der Waals surface area contributed by atoms with Gasteiger partial charge in [0.05, 0.1) is 5.75 Å². The maximum atomic E-state index is 12.1. The van der Waals surface area contributed by atoms with Crippen LogP contribution in [0, 0.1) is 5.92 Å². The number of sulfonamides is 1. The Kier molecular flexibility index (Phi) is 4.78. The summed E-state index contributed by atoms with van der Waals surface area (Å²) >= 11 is 0. The fraction of sp³-hybridized carbons (Fsp3) is 1.00. The van der Waals surface area contributed by atoms with E-state index in [1.807, 2.05) is 0 Å². The van der Waals surface area contributed by atoms with Crippen molar-refractivity contribution < 1.29 is 8.42 Å². The molecule has 2 fully saturated rings. The van der Waals surface area contributed by atoms with Crippen molar-refractivity contribution in [2.45, 2.75) is 19.3 Å². The summed E-state index contributed by atoms with van der Waals surface area (Å²) in [5.74, 6) is 0.862. The first-order valence-electron chi connectivity index (χ1n) is 6.58. The third kappa shape index (κ3) is 3.91. The Labute approximate surface area is 104 Å². The summed E-state index contributed by atoms with van der Waals surface area (Å²) in [6.07, 6.45) is 3.15. The summed E-state index contributed by atoms with van der Waals surface area (Å²) in [5, 5.41) is 6.51. The van der Waals surface area contributed by atoms with Gasteiger partial charge in [0.2, 0.25) is 10.0 Å². The summed E-state index contributed by atoms with van der Waals surface area (Å²) in [6.45, 7) is 4.89. The van der Waals surface area contributed by atoms with E-state index >= 15 is 0 Å². The van der Waals surface area contributed by atoms with Gasteiger partial charge in [0, 0.05) is 26.2 Å². The molecule has 0 bridgehead atoms. The predicted molar refractivity (Wildman–Crippen MR) is 68.4 cm³/mol. The maximum Gasteiger partial charge on any atom is 0.214 e. The first-order chi connectivity index (χ1) is 8.18. The fourth-order valence-corrected chi connectivity index (χ4v) is 4.17. The molecule has 1 atom stereocenters. The molecule has 0 radical (unpaired) electrons. The summed E-state index contributed by atoms with van der Waals surface area (Å²) in [4.78, 5) is 0. The predicted octanol–water partition coefficient (Wildman–Crippen LogP) is -0.389. The molecule has 2 N–H and O–H groups in total. The first kappa shape index (κ1) is 13.3. The Balaban J connectivity index is 1.79. The Hall–Kier alpha value is -0.170. The van der Waals surface area contributed by atoms with Gasteiger partial charge in [-0.05, 0) is 38.3 Å². The summed E-state index contributed by atoms with van der Waals surface area (Å²) in [6, 6.07) is 0. The van der Waals surface area contributed by atoms with Gasteiger partial charge < -0.3 is 10.6 Å². The zero-order valence-corrected chi connectivity index (χ0v) is 11.1. The molecule has 2 rings (SSSR count). The molecule has 0 amide bonds. The Morgan fingerprint density at radius 2 is 1.88 bits per heavy atom. The molecular weight excluding hydrogens is 238 g/mol. The number of hydrogen-bond donors (Lipinski definition) is 2. The maximum absolute atomic E-state index is 12.1. The van der Waals surface area contributed by atoms with E-state index in [0.717, 1.165) is 32.6 Å². The molecule has 2 aliphatic heterocycles. The molecule has 0 spiro atoms. The zero-order valence-electron chi connectivity index (χ0n) is 10.3. The third-order valence-electron chi connectivity index (χ3n) is 3.65. The van der Waals surface area contributed by atoms with Crippen LogP contribution in [0.1, 0.15) is 19.3 Å².